The molecule has 0 radical (unpaired) electrons. The number of amides is 2. The Bertz CT molecular complexity index is 592. The van der Waals surface area contributed by atoms with E-state index in [1.54, 1.807) is 0 Å². The van der Waals surface area contributed by atoms with Crippen molar-refractivity contribution in [3.8, 4) is 0 Å². The molecule has 2 N–H and O–H groups in total. The smallest absolute Gasteiger partial charge is 0.221 e. The van der Waals surface area contributed by atoms with Crippen LogP contribution in [-0.4, -0.2) is 18.4 Å². The molecule has 1 aliphatic rings. The average molecular weight is 344 g/mol. The summed E-state index contributed by atoms with van der Waals surface area (Å²) in [6, 6.07) is 7.76. The number of hydrogen-bond donors (Lipinski definition) is 2. The third-order valence-corrected chi connectivity index (χ3v) is 4.96. The van der Waals surface area contributed by atoms with Gasteiger partial charge in [-0.3, -0.25) is 9.59 Å². The maximum Gasteiger partial charge on any atom is 0.221 e. The van der Waals surface area contributed by atoms with Crippen LogP contribution in [0.25, 0.3) is 0 Å². The first-order chi connectivity index (χ1) is 11.7. The Morgan fingerprint density at radius 1 is 1.16 bits per heavy atom. The van der Waals surface area contributed by atoms with Crippen molar-refractivity contribution >= 4 is 17.5 Å². The van der Waals surface area contributed by atoms with Gasteiger partial charge in [-0.25, -0.2) is 0 Å². The summed E-state index contributed by atoms with van der Waals surface area (Å²) in [6.07, 6.45) is 5.03. The van der Waals surface area contributed by atoms with Gasteiger partial charge in [-0.2, -0.15) is 0 Å². The lowest BCUT2D eigenvalue weighted by atomic mass is 9.67. The summed E-state index contributed by atoms with van der Waals surface area (Å²) in [5.74, 6) is 1.32. The maximum absolute atomic E-state index is 12.2. The molecule has 1 fully saturated rings. The quantitative estimate of drug-likeness (QED) is 0.814. The van der Waals surface area contributed by atoms with Gasteiger partial charge >= 0.3 is 0 Å². The fourth-order valence-corrected chi connectivity index (χ4v) is 4.34. The molecule has 0 spiro atoms. The van der Waals surface area contributed by atoms with Crippen LogP contribution in [0.3, 0.4) is 0 Å². The second kappa shape index (κ2) is 8.50. The fourth-order valence-electron chi connectivity index (χ4n) is 4.34. The molecule has 1 aromatic rings. The first-order valence-electron chi connectivity index (χ1n) is 9.37. The van der Waals surface area contributed by atoms with Crippen molar-refractivity contribution in [2.75, 3.05) is 11.9 Å². The van der Waals surface area contributed by atoms with Gasteiger partial charge in [-0.15, -0.1) is 0 Å². The highest BCUT2D eigenvalue weighted by atomic mass is 16.2. The minimum absolute atomic E-state index is 0.0692. The monoisotopic (exact) mass is 344 g/mol. The molecular formula is C21H32N2O2. The lowest BCUT2D eigenvalue weighted by Gasteiger charge is -2.38. The molecule has 1 saturated carbocycles. The van der Waals surface area contributed by atoms with Gasteiger partial charge in [0.05, 0.1) is 0 Å². The summed E-state index contributed by atoms with van der Waals surface area (Å²) in [5.41, 5.74) is 2.31. The second-order valence-corrected chi connectivity index (χ2v) is 8.46. The maximum atomic E-state index is 12.2. The van der Waals surface area contributed by atoms with Gasteiger partial charge in [-0.05, 0) is 60.6 Å². The van der Waals surface area contributed by atoms with E-state index < -0.39 is 0 Å². The van der Waals surface area contributed by atoms with Gasteiger partial charge in [0.25, 0.3) is 0 Å². The highest BCUT2D eigenvalue weighted by Gasteiger charge is 2.32. The van der Waals surface area contributed by atoms with E-state index in [4.69, 9.17) is 0 Å². The highest BCUT2D eigenvalue weighted by Crippen LogP contribution is 2.42. The summed E-state index contributed by atoms with van der Waals surface area (Å²) in [5, 5.41) is 5.81. The van der Waals surface area contributed by atoms with Crippen molar-refractivity contribution in [2.24, 2.45) is 17.3 Å². The van der Waals surface area contributed by atoms with Gasteiger partial charge in [0.2, 0.25) is 11.8 Å². The molecule has 138 valence electrons. The van der Waals surface area contributed by atoms with E-state index in [0.29, 0.717) is 30.2 Å². The zero-order chi connectivity index (χ0) is 18.4. The van der Waals surface area contributed by atoms with E-state index in [0.717, 1.165) is 24.1 Å². The van der Waals surface area contributed by atoms with Crippen LogP contribution in [0, 0.1) is 17.3 Å². The van der Waals surface area contributed by atoms with Crippen LogP contribution >= 0.6 is 0 Å². The molecule has 2 unspecified atom stereocenters. The predicted octanol–water partition coefficient (Wildman–Crippen LogP) is 4.16. The number of benzene rings is 1. The zero-order valence-electron chi connectivity index (χ0n) is 16.0. The van der Waals surface area contributed by atoms with Crippen LogP contribution in [0.2, 0.25) is 0 Å². The first-order valence-corrected chi connectivity index (χ1v) is 9.37. The van der Waals surface area contributed by atoms with Crippen molar-refractivity contribution in [3.05, 3.63) is 29.8 Å². The third-order valence-electron chi connectivity index (χ3n) is 4.96. The topological polar surface area (TPSA) is 58.2 Å². The number of carbonyl (C=O) groups is 2. The summed E-state index contributed by atoms with van der Waals surface area (Å²) in [6.45, 7) is 9.09. The molecule has 2 amide bonds. The van der Waals surface area contributed by atoms with Crippen molar-refractivity contribution in [2.45, 2.75) is 59.8 Å². The molecule has 0 heterocycles. The van der Waals surface area contributed by atoms with E-state index in [1.807, 2.05) is 24.3 Å². The molecular weight excluding hydrogens is 312 g/mol. The number of rotatable bonds is 6. The average Bonchev–Trinajstić information content (AvgIpc) is 2.46. The molecule has 2 atom stereocenters. The second-order valence-electron chi connectivity index (χ2n) is 8.46. The molecule has 1 aromatic carbocycles. The molecule has 0 aliphatic heterocycles. The normalized spacial score (nSPS) is 22.2. The van der Waals surface area contributed by atoms with Gasteiger partial charge in [0.1, 0.15) is 0 Å². The van der Waals surface area contributed by atoms with E-state index in [2.05, 4.69) is 31.4 Å². The lowest BCUT2D eigenvalue weighted by molar-refractivity contribution is -0.122. The fraction of sp³-hybridized carbons (Fsp3) is 0.619. The van der Waals surface area contributed by atoms with Crippen LogP contribution in [0.4, 0.5) is 5.69 Å². The molecule has 0 saturated heterocycles. The van der Waals surface area contributed by atoms with Gasteiger partial charge < -0.3 is 10.6 Å². The largest absolute Gasteiger partial charge is 0.356 e. The Balaban J connectivity index is 1.72. The van der Waals surface area contributed by atoms with E-state index in [1.165, 1.54) is 19.8 Å². The zero-order valence-corrected chi connectivity index (χ0v) is 16.0. The van der Waals surface area contributed by atoms with Crippen molar-refractivity contribution in [3.63, 3.8) is 0 Å². The summed E-state index contributed by atoms with van der Waals surface area (Å²) in [4.78, 5) is 23.2. The first kappa shape index (κ1) is 19.5. The number of hydrogen-bond acceptors (Lipinski definition) is 2. The van der Waals surface area contributed by atoms with Crippen LogP contribution in [0.5, 0.6) is 0 Å². The van der Waals surface area contributed by atoms with E-state index >= 15 is 0 Å². The van der Waals surface area contributed by atoms with Gasteiger partial charge in [0.15, 0.2) is 0 Å². The van der Waals surface area contributed by atoms with Crippen LogP contribution < -0.4 is 10.6 Å². The minimum Gasteiger partial charge on any atom is -0.356 e. The summed E-state index contributed by atoms with van der Waals surface area (Å²) in [7, 11) is 0. The Kier molecular flexibility index (Phi) is 6.63. The molecule has 0 bridgehead atoms. The Hall–Kier alpha value is -1.84. The Labute approximate surface area is 151 Å². The van der Waals surface area contributed by atoms with Gasteiger partial charge in [-0.1, -0.05) is 32.9 Å². The van der Waals surface area contributed by atoms with E-state index in [9.17, 15) is 9.59 Å². The summed E-state index contributed by atoms with van der Waals surface area (Å²) < 4.78 is 0. The Morgan fingerprint density at radius 2 is 1.84 bits per heavy atom. The number of nitrogens with one attached hydrogen (secondary N) is 2. The number of anilines is 1. The predicted molar refractivity (Wildman–Crippen MR) is 102 cm³/mol. The van der Waals surface area contributed by atoms with Gasteiger partial charge in [0, 0.05) is 25.6 Å². The van der Waals surface area contributed by atoms with Crippen molar-refractivity contribution in [1.29, 1.82) is 0 Å². The summed E-state index contributed by atoms with van der Waals surface area (Å²) >= 11 is 0. The van der Waals surface area contributed by atoms with Crippen LogP contribution in [-0.2, 0) is 16.0 Å². The minimum atomic E-state index is -0.0692. The van der Waals surface area contributed by atoms with Crippen LogP contribution in [0.1, 0.15) is 58.9 Å². The van der Waals surface area contributed by atoms with Crippen molar-refractivity contribution < 1.29 is 9.59 Å². The third kappa shape index (κ3) is 6.89. The Morgan fingerprint density at radius 3 is 2.44 bits per heavy atom. The molecule has 4 nitrogen and oxygen atoms in total. The van der Waals surface area contributed by atoms with Crippen LogP contribution in [0.15, 0.2) is 24.3 Å². The SMILES string of the molecule is CC(=O)Nc1ccc(CCNC(=O)CC2CC(C)CC(C)(C)C2)cc1. The molecule has 0 aromatic heterocycles. The highest BCUT2D eigenvalue weighted by molar-refractivity contribution is 5.88. The lowest BCUT2D eigenvalue weighted by Crippen LogP contribution is -2.33. The molecule has 2 rings (SSSR count). The van der Waals surface area contributed by atoms with Crippen molar-refractivity contribution in [1.82, 2.24) is 5.32 Å². The standard InChI is InChI=1S/C21H32N2O2/c1-15-11-18(14-21(3,4)13-15)12-20(25)22-10-9-17-5-7-19(8-6-17)23-16(2)24/h5-8,15,18H,9-14H2,1-4H3,(H,22,25)(H,23,24). The molecule has 4 heteroatoms. The molecule has 1 aliphatic carbocycles. The van der Waals surface area contributed by atoms with E-state index in [-0.39, 0.29) is 11.8 Å². The number of carbonyl (C=O) groups excluding carboxylic acids is 2. The molecule has 25 heavy (non-hydrogen) atoms.